The molecule has 8 heteroatoms. The van der Waals surface area contributed by atoms with Gasteiger partial charge in [0.2, 0.25) is 5.91 Å². The van der Waals surface area contributed by atoms with Gasteiger partial charge in [-0.1, -0.05) is 0 Å². The molecule has 2 N–H and O–H groups in total. The Morgan fingerprint density at radius 3 is 2.60 bits per heavy atom. The van der Waals surface area contributed by atoms with Crippen LogP contribution in [0.2, 0.25) is 0 Å². The highest BCUT2D eigenvalue weighted by Gasteiger charge is 2.37. The Hall–Kier alpha value is -1.96. The van der Waals surface area contributed by atoms with Gasteiger partial charge in [-0.3, -0.25) is 19.6 Å². The molecule has 0 saturated heterocycles. The maximum absolute atomic E-state index is 12.0. The van der Waals surface area contributed by atoms with Gasteiger partial charge in [-0.15, -0.1) is 0 Å². The second-order valence-corrected chi connectivity index (χ2v) is 5.27. The summed E-state index contributed by atoms with van der Waals surface area (Å²) in [4.78, 5) is 22.4. The van der Waals surface area contributed by atoms with Crippen LogP contribution >= 0.6 is 0 Å². The van der Waals surface area contributed by atoms with Crippen molar-refractivity contribution in [3.8, 4) is 0 Å². The largest absolute Gasteiger partial charge is 0.394 e. The maximum atomic E-state index is 12.0. The van der Waals surface area contributed by atoms with E-state index in [2.05, 4.69) is 10.4 Å². The summed E-state index contributed by atoms with van der Waals surface area (Å²) in [6, 6.07) is 0. The number of aliphatic hydroxyl groups excluding tert-OH is 1. The Balaban J connectivity index is 2.09. The third-order valence-corrected chi connectivity index (χ3v) is 3.84. The number of carbonyl (C=O) groups excluding carboxylic acids is 1. The molecule has 0 aromatic carbocycles. The Bertz CT molecular complexity index is 542. The molecule has 1 saturated carbocycles. The van der Waals surface area contributed by atoms with Crippen molar-refractivity contribution in [2.75, 3.05) is 6.61 Å². The van der Waals surface area contributed by atoms with Crippen molar-refractivity contribution in [3.05, 3.63) is 21.5 Å². The lowest BCUT2D eigenvalue weighted by molar-refractivity contribution is -0.386. The molecule has 8 nitrogen and oxygen atoms in total. The molecule has 0 atom stereocenters. The zero-order valence-corrected chi connectivity index (χ0v) is 11.5. The summed E-state index contributed by atoms with van der Waals surface area (Å²) in [6.45, 7) is 2.94. The second kappa shape index (κ2) is 5.20. The van der Waals surface area contributed by atoms with E-state index < -0.39 is 10.5 Å². The van der Waals surface area contributed by atoms with Gasteiger partial charge in [-0.05, 0) is 33.1 Å². The number of nitro groups is 1. The molecular formula is C12H18N4O4. The van der Waals surface area contributed by atoms with Gasteiger partial charge in [0.1, 0.15) is 17.9 Å². The van der Waals surface area contributed by atoms with Crippen molar-refractivity contribution >= 4 is 11.6 Å². The van der Waals surface area contributed by atoms with Crippen LogP contribution in [0.3, 0.4) is 0 Å². The molecule has 20 heavy (non-hydrogen) atoms. The minimum Gasteiger partial charge on any atom is -0.394 e. The van der Waals surface area contributed by atoms with Gasteiger partial charge in [0, 0.05) is 0 Å². The first-order chi connectivity index (χ1) is 9.38. The lowest BCUT2D eigenvalue weighted by Gasteiger charge is -2.40. The van der Waals surface area contributed by atoms with E-state index in [-0.39, 0.29) is 24.7 Å². The van der Waals surface area contributed by atoms with Crippen LogP contribution in [-0.2, 0) is 11.3 Å². The third-order valence-electron chi connectivity index (χ3n) is 3.84. The van der Waals surface area contributed by atoms with Crippen LogP contribution in [0.15, 0.2) is 0 Å². The van der Waals surface area contributed by atoms with Gasteiger partial charge in [-0.2, -0.15) is 5.10 Å². The van der Waals surface area contributed by atoms with Gasteiger partial charge < -0.3 is 10.4 Å². The Labute approximate surface area is 115 Å². The number of nitrogens with zero attached hydrogens (tertiary/aromatic N) is 3. The number of carbonyl (C=O) groups is 1. The van der Waals surface area contributed by atoms with E-state index in [4.69, 9.17) is 0 Å². The van der Waals surface area contributed by atoms with Crippen molar-refractivity contribution < 1.29 is 14.8 Å². The third kappa shape index (κ3) is 2.51. The number of aryl methyl sites for hydroxylation is 1. The van der Waals surface area contributed by atoms with Crippen molar-refractivity contribution in [1.82, 2.24) is 15.1 Å². The van der Waals surface area contributed by atoms with Crippen LogP contribution in [0.5, 0.6) is 0 Å². The zero-order chi connectivity index (χ0) is 14.9. The number of nitrogens with one attached hydrogen (secondary N) is 1. The van der Waals surface area contributed by atoms with Gasteiger partial charge in [-0.25, -0.2) is 0 Å². The molecule has 1 fully saturated rings. The Kier molecular flexibility index (Phi) is 3.76. The van der Waals surface area contributed by atoms with Gasteiger partial charge >= 0.3 is 5.69 Å². The fourth-order valence-electron chi connectivity index (χ4n) is 2.50. The molecular weight excluding hydrogens is 264 g/mol. The molecule has 1 aromatic rings. The number of rotatable bonds is 5. The molecule has 1 aliphatic rings. The molecule has 2 rings (SSSR count). The summed E-state index contributed by atoms with van der Waals surface area (Å²) in [5, 5.41) is 27.0. The lowest BCUT2D eigenvalue weighted by atomic mass is 9.77. The van der Waals surface area contributed by atoms with Gasteiger partial charge in [0.25, 0.3) is 0 Å². The number of aliphatic hydroxyl groups is 1. The summed E-state index contributed by atoms with van der Waals surface area (Å²) in [6.07, 6.45) is 2.49. The molecule has 1 aromatic heterocycles. The van der Waals surface area contributed by atoms with E-state index >= 15 is 0 Å². The summed E-state index contributed by atoms with van der Waals surface area (Å²) in [5.41, 5.74) is 0.0764. The topological polar surface area (TPSA) is 110 Å². The highest BCUT2D eigenvalue weighted by atomic mass is 16.6. The van der Waals surface area contributed by atoms with Crippen molar-refractivity contribution in [2.24, 2.45) is 0 Å². The van der Waals surface area contributed by atoms with Crippen LogP contribution < -0.4 is 5.32 Å². The van der Waals surface area contributed by atoms with Crippen molar-refractivity contribution in [3.63, 3.8) is 0 Å². The molecule has 0 bridgehead atoms. The molecule has 0 radical (unpaired) electrons. The van der Waals surface area contributed by atoms with E-state index in [1.807, 2.05) is 0 Å². The zero-order valence-electron chi connectivity index (χ0n) is 11.5. The summed E-state index contributed by atoms with van der Waals surface area (Å²) < 4.78 is 1.33. The number of aromatic nitrogens is 2. The van der Waals surface area contributed by atoms with E-state index in [9.17, 15) is 20.0 Å². The molecule has 0 spiro atoms. The molecule has 0 unspecified atom stereocenters. The van der Waals surface area contributed by atoms with Crippen LogP contribution in [0.4, 0.5) is 5.69 Å². The average molecular weight is 282 g/mol. The maximum Gasteiger partial charge on any atom is 0.312 e. The van der Waals surface area contributed by atoms with Crippen LogP contribution in [0.25, 0.3) is 0 Å². The minimum absolute atomic E-state index is 0.0571. The lowest BCUT2D eigenvalue weighted by Crippen LogP contribution is -2.56. The number of amides is 1. The summed E-state index contributed by atoms with van der Waals surface area (Å²) >= 11 is 0. The monoisotopic (exact) mass is 282 g/mol. The van der Waals surface area contributed by atoms with Gasteiger partial charge in [0.05, 0.1) is 17.1 Å². The first-order valence-corrected chi connectivity index (χ1v) is 6.49. The van der Waals surface area contributed by atoms with Crippen LogP contribution in [0.1, 0.15) is 30.7 Å². The quantitative estimate of drug-likeness (QED) is 0.601. The number of hydrogen-bond acceptors (Lipinski definition) is 5. The molecule has 1 amide bonds. The van der Waals surface area contributed by atoms with E-state index in [1.165, 1.54) is 4.68 Å². The Morgan fingerprint density at radius 1 is 1.55 bits per heavy atom. The first-order valence-electron chi connectivity index (χ1n) is 6.49. The molecule has 110 valence electrons. The molecule has 1 heterocycles. The Morgan fingerprint density at radius 2 is 2.20 bits per heavy atom. The summed E-state index contributed by atoms with van der Waals surface area (Å²) in [5.74, 6) is -0.292. The standard InChI is InChI=1S/C12H18N4O4/c1-8-11(16(19)20)9(2)15(14-8)6-10(18)13-12(7-17)4-3-5-12/h17H,3-7H2,1-2H3,(H,13,18). The summed E-state index contributed by atoms with van der Waals surface area (Å²) in [7, 11) is 0. The predicted molar refractivity (Wildman–Crippen MR) is 70.2 cm³/mol. The fourth-order valence-corrected chi connectivity index (χ4v) is 2.50. The highest BCUT2D eigenvalue weighted by molar-refractivity contribution is 5.77. The van der Waals surface area contributed by atoms with E-state index in [1.54, 1.807) is 13.8 Å². The molecule has 1 aliphatic carbocycles. The van der Waals surface area contributed by atoms with Crippen LogP contribution in [-0.4, -0.2) is 37.9 Å². The van der Waals surface area contributed by atoms with Crippen molar-refractivity contribution in [2.45, 2.75) is 45.2 Å². The van der Waals surface area contributed by atoms with E-state index in [0.29, 0.717) is 11.4 Å². The SMILES string of the molecule is Cc1nn(CC(=O)NC2(CO)CCC2)c(C)c1[N+](=O)[O-]. The van der Waals surface area contributed by atoms with Gasteiger partial charge in [0.15, 0.2) is 0 Å². The fraction of sp³-hybridized carbons (Fsp3) is 0.667. The van der Waals surface area contributed by atoms with E-state index in [0.717, 1.165) is 19.3 Å². The average Bonchev–Trinajstić information content (AvgIpc) is 2.59. The number of hydrogen-bond donors (Lipinski definition) is 2. The van der Waals surface area contributed by atoms with Crippen molar-refractivity contribution in [1.29, 1.82) is 0 Å². The molecule has 0 aliphatic heterocycles. The first kappa shape index (κ1) is 14.4. The smallest absolute Gasteiger partial charge is 0.312 e. The second-order valence-electron chi connectivity index (χ2n) is 5.27. The minimum atomic E-state index is -0.515. The predicted octanol–water partition coefficient (Wildman–Crippen LogP) is 0.439. The van der Waals surface area contributed by atoms with Crippen LogP contribution in [0, 0.1) is 24.0 Å². The highest BCUT2D eigenvalue weighted by Crippen LogP contribution is 2.31. The normalized spacial score (nSPS) is 16.6.